The first-order valence-electron chi connectivity index (χ1n) is 11.1. The van der Waals surface area contributed by atoms with Crippen molar-refractivity contribution in [3.8, 4) is 0 Å². The minimum Gasteiger partial charge on any atom is -0.481 e. The molecule has 3 aromatic rings. The Labute approximate surface area is 186 Å². The molecule has 0 bridgehead atoms. The fourth-order valence-electron chi connectivity index (χ4n) is 3.26. The molecule has 0 saturated heterocycles. The molecule has 0 saturated carbocycles. The molecule has 0 aliphatic carbocycles. The van der Waals surface area contributed by atoms with Gasteiger partial charge in [-0.3, -0.25) is 14.4 Å². The number of aromatic amines is 1. The van der Waals surface area contributed by atoms with Gasteiger partial charge in [0.25, 0.3) is 11.5 Å². The summed E-state index contributed by atoms with van der Waals surface area (Å²) in [6.45, 7) is -2.63. The van der Waals surface area contributed by atoms with Crippen LogP contribution in [0.15, 0.2) is 35.3 Å². The Morgan fingerprint density at radius 2 is 1.97 bits per heavy atom. The zero-order valence-electron chi connectivity index (χ0n) is 19.8. The van der Waals surface area contributed by atoms with Gasteiger partial charge in [-0.2, -0.15) is 4.98 Å². The average molecular weight is 444 g/mol. The number of carboxylic acids is 2. The smallest absolute Gasteiger partial charge is 0.326 e. The number of amides is 1. The lowest BCUT2D eigenvalue weighted by molar-refractivity contribution is -0.140. The second kappa shape index (κ2) is 9.33. The number of hydrogen-bond acceptors (Lipinski definition) is 6. The number of benzene rings is 1. The second-order valence-corrected chi connectivity index (χ2v) is 7.14. The van der Waals surface area contributed by atoms with Gasteiger partial charge in [-0.25, -0.2) is 4.79 Å². The number of nitrogens with two attached hydrogens (primary N) is 1. The Morgan fingerprint density at radius 1 is 1.25 bits per heavy atom. The monoisotopic (exact) mass is 444 g/mol. The fraction of sp³-hybridized carbons (Fsp3) is 0.286. The van der Waals surface area contributed by atoms with E-state index >= 15 is 0 Å². The van der Waals surface area contributed by atoms with Crippen molar-refractivity contribution in [3.05, 3.63) is 57.5 Å². The third kappa shape index (κ3) is 4.94. The molecule has 1 aromatic carbocycles. The van der Waals surface area contributed by atoms with Crippen LogP contribution in [-0.2, 0) is 29.4 Å². The molecule has 6 N–H and O–H groups in total. The van der Waals surface area contributed by atoms with E-state index in [1.54, 1.807) is 12.1 Å². The third-order valence-corrected chi connectivity index (χ3v) is 4.97. The highest BCUT2D eigenvalue weighted by Crippen LogP contribution is 2.17. The van der Waals surface area contributed by atoms with Crippen LogP contribution >= 0.6 is 0 Å². The predicted octanol–water partition coefficient (Wildman–Crippen LogP) is 0.677. The third-order valence-electron chi connectivity index (χ3n) is 4.97. The highest BCUT2D eigenvalue weighted by atomic mass is 16.4. The minimum atomic E-state index is -2.63. The molecule has 0 unspecified atom stereocenters. The molecule has 0 radical (unpaired) electrons. The number of nitrogens with one attached hydrogen (secondary N) is 2. The Bertz CT molecular complexity index is 1330. The summed E-state index contributed by atoms with van der Waals surface area (Å²) in [5, 5.41) is 20.3. The van der Waals surface area contributed by atoms with Crippen molar-refractivity contribution < 1.29 is 28.7 Å². The standard InChI is InChI=1S/C21H23N5O6/c1-26-17-16(19(30)25-21(26)22)13(10-23-17)7-4-11-2-5-12(6-3-11)18(29)24-14(20(31)32)8-9-15(27)28/h2-3,5-6,10,14,23H,4,7-9H2,1H3,(H,24,29)(H,27,28)(H,31,32)(H2,22,25,30)/t14-/m0/s1/i1D3. The lowest BCUT2D eigenvalue weighted by Gasteiger charge is -2.13. The van der Waals surface area contributed by atoms with E-state index in [2.05, 4.69) is 15.3 Å². The average Bonchev–Trinajstić information content (AvgIpc) is 3.17. The number of hydrogen-bond donors (Lipinski definition) is 5. The quantitative estimate of drug-likeness (QED) is 0.319. The summed E-state index contributed by atoms with van der Waals surface area (Å²) in [5.74, 6) is -3.57. The van der Waals surface area contributed by atoms with E-state index in [9.17, 15) is 24.3 Å². The maximum absolute atomic E-state index is 12.4. The number of nitrogen functional groups attached to an aromatic ring is 1. The molecule has 11 nitrogen and oxygen atoms in total. The van der Waals surface area contributed by atoms with Crippen molar-refractivity contribution in [3.63, 3.8) is 0 Å². The number of anilines is 1. The number of nitrogens with zero attached hydrogens (tertiary/aromatic N) is 2. The Hall–Kier alpha value is -4.15. The van der Waals surface area contributed by atoms with Gasteiger partial charge in [0.1, 0.15) is 11.7 Å². The van der Waals surface area contributed by atoms with E-state index in [0.29, 0.717) is 18.4 Å². The summed E-state index contributed by atoms with van der Waals surface area (Å²) in [6.07, 6.45) is 1.69. The molecule has 0 aliphatic rings. The van der Waals surface area contributed by atoms with Crippen LogP contribution < -0.4 is 16.6 Å². The van der Waals surface area contributed by atoms with Crippen LogP contribution in [0.4, 0.5) is 5.95 Å². The maximum atomic E-state index is 12.4. The van der Waals surface area contributed by atoms with Crippen LogP contribution in [0.25, 0.3) is 11.0 Å². The highest BCUT2D eigenvalue weighted by Gasteiger charge is 2.21. The number of H-pyrrole nitrogens is 1. The zero-order valence-corrected chi connectivity index (χ0v) is 16.8. The molecular formula is C21H23N5O6. The first kappa shape index (κ1) is 18.6. The summed E-state index contributed by atoms with van der Waals surface area (Å²) < 4.78 is 23.7. The van der Waals surface area contributed by atoms with Crippen LogP contribution in [0, 0.1) is 0 Å². The zero-order chi connectivity index (χ0) is 25.9. The molecule has 0 spiro atoms. The summed E-state index contributed by atoms with van der Waals surface area (Å²) in [7, 11) is 0. The van der Waals surface area contributed by atoms with Crippen LogP contribution in [0.5, 0.6) is 0 Å². The van der Waals surface area contributed by atoms with Crippen LogP contribution in [-0.4, -0.2) is 48.6 Å². The molecule has 168 valence electrons. The first-order chi connectivity index (χ1) is 16.4. The van der Waals surface area contributed by atoms with Gasteiger partial charge >= 0.3 is 11.9 Å². The summed E-state index contributed by atoms with van der Waals surface area (Å²) in [5.41, 5.74) is 6.61. The van der Waals surface area contributed by atoms with E-state index in [0.717, 1.165) is 10.1 Å². The summed E-state index contributed by atoms with van der Waals surface area (Å²) in [6, 6.07) is 4.99. The van der Waals surface area contributed by atoms with Crippen molar-refractivity contribution in [1.82, 2.24) is 19.9 Å². The van der Waals surface area contributed by atoms with Gasteiger partial charge in [-0.05, 0) is 42.5 Å². The lowest BCUT2D eigenvalue weighted by Crippen LogP contribution is -2.41. The van der Waals surface area contributed by atoms with Gasteiger partial charge in [0.2, 0.25) is 5.95 Å². The van der Waals surface area contributed by atoms with Gasteiger partial charge in [-0.15, -0.1) is 0 Å². The molecule has 0 aliphatic heterocycles. The van der Waals surface area contributed by atoms with E-state index in [1.165, 1.54) is 18.3 Å². The SMILES string of the molecule is [2H]C([2H])([2H])n1c(N)nc(=O)c2c(CCc3ccc(C(=O)N[C@@H](CCC(=O)O)C(=O)O)cc3)c[nH]c21. The number of fused-ring (bicyclic) bond motifs is 1. The fourth-order valence-corrected chi connectivity index (χ4v) is 3.26. The number of aromatic nitrogens is 3. The highest BCUT2D eigenvalue weighted by molar-refractivity contribution is 5.96. The summed E-state index contributed by atoms with van der Waals surface area (Å²) in [4.78, 5) is 53.1. The molecule has 2 heterocycles. The van der Waals surface area contributed by atoms with Gasteiger partial charge in [0.15, 0.2) is 0 Å². The topological polar surface area (TPSA) is 180 Å². The van der Waals surface area contributed by atoms with Gasteiger partial charge in [0, 0.05) is 29.3 Å². The van der Waals surface area contributed by atoms with Crippen LogP contribution in [0.1, 0.15) is 38.4 Å². The van der Waals surface area contributed by atoms with Crippen molar-refractivity contribution in [1.29, 1.82) is 0 Å². The van der Waals surface area contributed by atoms with Gasteiger partial charge in [0.05, 0.1) is 5.39 Å². The number of aryl methyl sites for hydroxylation is 3. The second-order valence-electron chi connectivity index (χ2n) is 7.14. The van der Waals surface area contributed by atoms with E-state index < -0.39 is 48.8 Å². The van der Waals surface area contributed by atoms with E-state index in [4.69, 9.17) is 15.0 Å². The molecule has 0 fully saturated rings. The Balaban J connectivity index is 1.72. The van der Waals surface area contributed by atoms with Crippen molar-refractivity contribution in [2.75, 3.05) is 5.73 Å². The van der Waals surface area contributed by atoms with Crippen LogP contribution in [0.3, 0.4) is 0 Å². The number of rotatable bonds is 9. The number of aliphatic carboxylic acids is 2. The van der Waals surface area contributed by atoms with Gasteiger partial charge < -0.3 is 30.8 Å². The Morgan fingerprint density at radius 3 is 2.59 bits per heavy atom. The van der Waals surface area contributed by atoms with Crippen molar-refractivity contribution in [2.24, 2.45) is 6.98 Å². The number of carboxylic acid groups (broad SMARTS) is 2. The molecule has 1 amide bonds. The maximum Gasteiger partial charge on any atom is 0.326 e. The van der Waals surface area contributed by atoms with Crippen LogP contribution in [0.2, 0.25) is 0 Å². The molecule has 1 atom stereocenters. The summed E-state index contributed by atoms with van der Waals surface area (Å²) >= 11 is 0. The van der Waals surface area contributed by atoms with Crippen molar-refractivity contribution in [2.45, 2.75) is 31.7 Å². The van der Waals surface area contributed by atoms with Crippen molar-refractivity contribution >= 4 is 34.8 Å². The Kier molecular flexibility index (Phi) is 5.43. The molecule has 2 aromatic heterocycles. The number of carbonyl (C=O) groups is 3. The first-order valence-corrected chi connectivity index (χ1v) is 9.62. The lowest BCUT2D eigenvalue weighted by atomic mass is 10.0. The predicted molar refractivity (Wildman–Crippen MR) is 115 cm³/mol. The van der Waals surface area contributed by atoms with Gasteiger partial charge in [-0.1, -0.05) is 12.1 Å². The molecular weight excluding hydrogens is 418 g/mol. The molecule has 11 heteroatoms. The number of carbonyl (C=O) groups excluding carboxylic acids is 1. The minimum absolute atomic E-state index is 0.0559. The van der Waals surface area contributed by atoms with E-state index in [1.807, 2.05) is 0 Å². The normalized spacial score (nSPS) is 13.7. The van der Waals surface area contributed by atoms with E-state index in [-0.39, 0.29) is 23.0 Å². The molecule has 3 rings (SSSR count). The largest absolute Gasteiger partial charge is 0.481 e. The molecule has 32 heavy (non-hydrogen) atoms.